The molecule has 2 bridgehead atoms. The maximum Gasteiger partial charge on any atom is 0.278 e. The van der Waals surface area contributed by atoms with E-state index in [2.05, 4.69) is 45.9 Å². The van der Waals surface area contributed by atoms with Gasteiger partial charge in [0, 0.05) is 48.2 Å². The maximum absolute atomic E-state index is 13.5. The number of benzene rings is 1. The molecule has 3 aliphatic heterocycles. The monoisotopic (exact) mass is 564 g/mol. The molecule has 4 fully saturated rings. The Balaban J connectivity index is 1.14. The summed E-state index contributed by atoms with van der Waals surface area (Å²) in [6.45, 7) is 8.16. The number of piperidine rings is 1. The average molecular weight is 565 g/mol. The van der Waals surface area contributed by atoms with Gasteiger partial charge in [0.1, 0.15) is 11.0 Å². The number of anilines is 3. The molecule has 3 unspecified atom stereocenters. The molecular weight excluding hydrogens is 528 g/mol. The molecule has 42 heavy (non-hydrogen) atoms. The first-order chi connectivity index (χ1) is 20.3. The number of piperazine rings is 1. The third-order valence-corrected chi connectivity index (χ3v) is 10.4. The van der Waals surface area contributed by atoms with Crippen LogP contribution in [0.5, 0.6) is 0 Å². The number of nitrogens with one attached hydrogen (secondary N) is 1. The summed E-state index contributed by atoms with van der Waals surface area (Å²) in [5.41, 5.74) is 2.99. The predicted molar refractivity (Wildman–Crippen MR) is 163 cm³/mol. The van der Waals surface area contributed by atoms with E-state index in [9.17, 15) is 9.90 Å². The van der Waals surface area contributed by atoms with Gasteiger partial charge in [0.05, 0.1) is 12.2 Å². The molecule has 10 heteroatoms. The van der Waals surface area contributed by atoms with Gasteiger partial charge >= 0.3 is 0 Å². The van der Waals surface area contributed by atoms with E-state index in [1.807, 2.05) is 31.2 Å². The molecule has 10 nitrogen and oxygen atoms in total. The zero-order valence-corrected chi connectivity index (χ0v) is 24.1. The van der Waals surface area contributed by atoms with Gasteiger partial charge in [0.2, 0.25) is 5.95 Å². The molecule has 4 aromatic rings. The third-order valence-electron chi connectivity index (χ3n) is 10.4. The van der Waals surface area contributed by atoms with Crippen molar-refractivity contribution in [3.05, 3.63) is 76.9 Å². The van der Waals surface area contributed by atoms with Gasteiger partial charge in [-0.2, -0.15) is 4.98 Å². The van der Waals surface area contributed by atoms with Crippen molar-refractivity contribution in [2.45, 2.75) is 63.3 Å². The fourth-order valence-corrected chi connectivity index (χ4v) is 7.48. The van der Waals surface area contributed by atoms with Crippen LogP contribution in [0.25, 0.3) is 16.9 Å². The van der Waals surface area contributed by atoms with Gasteiger partial charge in [-0.05, 0) is 82.0 Å². The second-order valence-corrected chi connectivity index (χ2v) is 12.7. The number of allylic oxidation sites excluding steroid dienone is 1. The zero-order chi connectivity index (χ0) is 28.8. The fraction of sp³-hybridized carbons (Fsp3) is 0.438. The van der Waals surface area contributed by atoms with Crippen LogP contribution in [0.15, 0.2) is 60.0 Å². The summed E-state index contributed by atoms with van der Waals surface area (Å²) in [7, 11) is 2.22. The number of aromatic nitrogens is 5. The molecule has 1 spiro atoms. The lowest BCUT2D eigenvalue weighted by Crippen LogP contribution is -2.67. The van der Waals surface area contributed by atoms with Gasteiger partial charge in [-0.15, -0.1) is 6.58 Å². The molecule has 216 valence electrons. The molecule has 5 aliphatic rings. The summed E-state index contributed by atoms with van der Waals surface area (Å²) in [4.78, 5) is 32.7. The van der Waals surface area contributed by atoms with E-state index < -0.39 is 5.60 Å². The zero-order valence-electron chi connectivity index (χ0n) is 24.1. The number of rotatable bonds is 6. The number of fused-ring (bicyclic) bond motifs is 4. The standard InChI is InChI=1S/C32H36N8O2/c1-4-15-39-29(41)25-17-33-30(34-21-6-8-22(9-7-21)38-18-23-16-24(19-38)37(23)3)36-28(25)40(39)26-10-5-20-11-12-32(13-14-32)31(2,42)27(20)35-26/h4-10,17,23-24,42H,1,11-16,18-19H2,2-3H3,(H,33,34,36). The topological polar surface area (TPSA) is 104 Å². The van der Waals surface area contributed by atoms with Crippen molar-refractivity contribution in [3.8, 4) is 5.82 Å². The van der Waals surface area contributed by atoms with Crippen LogP contribution >= 0.6 is 0 Å². The van der Waals surface area contributed by atoms with Crippen molar-refractivity contribution in [2.24, 2.45) is 5.41 Å². The van der Waals surface area contributed by atoms with E-state index in [1.165, 1.54) is 12.1 Å². The van der Waals surface area contributed by atoms with Gasteiger partial charge in [-0.1, -0.05) is 12.1 Å². The van der Waals surface area contributed by atoms with Crippen LogP contribution in [0.2, 0.25) is 0 Å². The Morgan fingerprint density at radius 1 is 1.10 bits per heavy atom. The molecule has 0 radical (unpaired) electrons. The lowest BCUT2D eigenvalue weighted by molar-refractivity contribution is -0.0371. The predicted octanol–water partition coefficient (Wildman–Crippen LogP) is 3.73. The molecule has 6 heterocycles. The minimum absolute atomic E-state index is 0.0926. The molecule has 1 aromatic carbocycles. The van der Waals surface area contributed by atoms with E-state index in [4.69, 9.17) is 9.97 Å². The number of nitrogens with zero attached hydrogens (tertiary/aromatic N) is 7. The lowest BCUT2D eigenvalue weighted by atomic mass is 9.72. The second-order valence-electron chi connectivity index (χ2n) is 12.7. The summed E-state index contributed by atoms with van der Waals surface area (Å²) < 4.78 is 3.31. The van der Waals surface area contributed by atoms with Crippen molar-refractivity contribution >= 4 is 28.4 Å². The minimum atomic E-state index is -1.01. The quantitative estimate of drug-likeness (QED) is 0.342. The number of hydrogen-bond donors (Lipinski definition) is 2. The Bertz CT molecular complexity index is 1770. The highest BCUT2D eigenvalue weighted by Gasteiger charge is 2.59. The number of likely N-dealkylation sites (N-methyl/N-ethyl adjacent to an activating group) is 1. The molecule has 2 aliphatic carbocycles. The molecule has 2 N–H and O–H groups in total. The van der Waals surface area contributed by atoms with Crippen LogP contribution in [-0.4, -0.2) is 66.5 Å². The van der Waals surface area contributed by atoms with Crippen molar-refractivity contribution in [1.82, 2.24) is 29.2 Å². The van der Waals surface area contributed by atoms with Crippen LogP contribution in [0, 0.1) is 5.41 Å². The van der Waals surface area contributed by atoms with Crippen molar-refractivity contribution in [3.63, 3.8) is 0 Å². The molecule has 9 rings (SSSR count). The Morgan fingerprint density at radius 3 is 2.55 bits per heavy atom. The lowest BCUT2D eigenvalue weighted by Gasteiger charge is -2.55. The molecule has 3 saturated heterocycles. The van der Waals surface area contributed by atoms with E-state index in [0.717, 1.165) is 50.0 Å². The first-order valence-corrected chi connectivity index (χ1v) is 14.9. The van der Waals surface area contributed by atoms with Crippen molar-refractivity contribution < 1.29 is 5.11 Å². The summed E-state index contributed by atoms with van der Waals surface area (Å²) in [6.07, 6.45) is 8.45. The first kappa shape index (κ1) is 25.7. The van der Waals surface area contributed by atoms with Crippen LogP contribution in [0.4, 0.5) is 17.3 Å². The minimum Gasteiger partial charge on any atom is -0.383 e. The number of aryl methyl sites for hydroxylation is 1. The highest BCUT2D eigenvalue weighted by molar-refractivity contribution is 5.77. The molecule has 3 aromatic heterocycles. The van der Waals surface area contributed by atoms with Gasteiger partial charge in [-0.3, -0.25) is 9.69 Å². The van der Waals surface area contributed by atoms with Crippen molar-refractivity contribution in [1.29, 1.82) is 0 Å². The van der Waals surface area contributed by atoms with Crippen LogP contribution < -0.4 is 15.8 Å². The molecule has 0 amide bonds. The van der Waals surface area contributed by atoms with Gasteiger partial charge in [0.15, 0.2) is 11.5 Å². The van der Waals surface area contributed by atoms with Gasteiger partial charge in [-0.25, -0.2) is 19.3 Å². The van der Waals surface area contributed by atoms with Gasteiger partial charge in [0.25, 0.3) is 5.56 Å². The first-order valence-electron chi connectivity index (χ1n) is 14.9. The largest absolute Gasteiger partial charge is 0.383 e. The van der Waals surface area contributed by atoms with Gasteiger partial charge < -0.3 is 15.3 Å². The van der Waals surface area contributed by atoms with E-state index in [1.54, 1.807) is 21.6 Å². The highest BCUT2D eigenvalue weighted by atomic mass is 16.3. The van der Waals surface area contributed by atoms with Crippen molar-refractivity contribution in [2.75, 3.05) is 30.4 Å². The van der Waals surface area contributed by atoms with Crippen LogP contribution in [0.3, 0.4) is 0 Å². The summed E-state index contributed by atoms with van der Waals surface area (Å²) >= 11 is 0. The fourth-order valence-electron chi connectivity index (χ4n) is 7.48. The van der Waals surface area contributed by atoms with Crippen LogP contribution in [0.1, 0.15) is 43.9 Å². The average Bonchev–Trinajstić information content (AvgIpc) is 3.76. The SMILES string of the molecule is C=CCn1c(=O)c2cnc(Nc3ccc(N4CC5CC(C4)N5C)cc3)nc2n1-c1ccc2c(n1)C(C)(O)C1(CC2)CC1. The summed E-state index contributed by atoms with van der Waals surface area (Å²) in [5, 5.41) is 15.3. The van der Waals surface area contributed by atoms with E-state index >= 15 is 0 Å². The second kappa shape index (κ2) is 8.99. The smallest absolute Gasteiger partial charge is 0.278 e. The normalized spacial score (nSPS) is 25.7. The summed E-state index contributed by atoms with van der Waals surface area (Å²) in [6, 6.07) is 13.6. The maximum atomic E-state index is 13.5. The molecule has 3 atom stereocenters. The molecular formula is C32H36N8O2. The third kappa shape index (κ3) is 3.71. The Hall–Kier alpha value is -4.02. The molecule has 1 saturated carbocycles. The highest BCUT2D eigenvalue weighted by Crippen LogP contribution is 2.63. The van der Waals surface area contributed by atoms with E-state index in [0.29, 0.717) is 40.6 Å². The Morgan fingerprint density at radius 2 is 1.86 bits per heavy atom. The number of pyridine rings is 1. The van der Waals surface area contributed by atoms with Crippen LogP contribution in [-0.2, 0) is 18.6 Å². The Kier molecular flexibility index (Phi) is 5.49. The van der Waals surface area contributed by atoms with E-state index in [-0.39, 0.29) is 17.5 Å². The number of hydrogen-bond acceptors (Lipinski definition) is 8. The summed E-state index contributed by atoms with van der Waals surface area (Å²) in [5.74, 6) is 0.933. The number of aliphatic hydroxyl groups is 1. The Labute approximate surface area is 244 Å².